The van der Waals surface area contributed by atoms with E-state index in [1.165, 1.54) is 135 Å². The number of likely N-dealkylation sites (N-methyl/N-ethyl adjacent to an activating group) is 1. The van der Waals surface area contributed by atoms with Crippen LogP contribution in [0.3, 0.4) is 0 Å². The lowest BCUT2D eigenvalue weighted by atomic mass is 9.98. The molecule has 0 bridgehead atoms. The molecule has 1 rings (SSSR count). The maximum atomic E-state index is 12.8. The van der Waals surface area contributed by atoms with Gasteiger partial charge in [0.25, 0.3) is 0 Å². The second kappa shape index (κ2) is 47.8. The van der Waals surface area contributed by atoms with Gasteiger partial charge in [-0.3, -0.25) is 14.5 Å². The standard InChI is InChI=1S/C57H104N4O11/c1-6-8-10-12-14-16-18-20-22-24-26-28-30-32-34-36-38-57(39-37-35-33-31-29-27-25-23-21-19-17-15-13-11-9-7-2)70-49-52(72-57)46-61(5)47-53(64)58-40-41-67-42-43-68-44-45-69-56(71-50(3)48-62)54(55(65)60-66)59-51(4)63/h14-17,20-23,50,52,54-56,62,65H,6-13,18-19,24-49H2,1-5H3,(H,58,64)(H,59,63)/b16-14-,17-15-,22-20-,23-21-/t50?,52-,54?,55-,56+/m0/s1. The van der Waals surface area contributed by atoms with E-state index in [1.54, 1.807) is 6.92 Å². The molecule has 0 spiro atoms. The zero-order valence-electron chi connectivity index (χ0n) is 45.9. The smallest absolute Gasteiger partial charge is 0.234 e. The van der Waals surface area contributed by atoms with Crippen LogP contribution < -0.4 is 10.6 Å². The Bertz CT molecular complexity index is 1370. The lowest BCUT2D eigenvalue weighted by Gasteiger charge is -2.30. The molecule has 0 saturated carbocycles. The zero-order chi connectivity index (χ0) is 52.6. The first-order valence-corrected chi connectivity index (χ1v) is 28.3. The SMILES string of the molecule is CCCCC/C=C\C/C=C\CCCCCCCCC1(CCCCCCCC/C=C\C/C=C\CCCCC)OC[C@H](CN(C)CC(=O)NCCOCCOCCO[C@H](OC(C)CO)C(NC(C)=O)[C@H](O)N=O)O1. The summed E-state index contributed by atoms with van der Waals surface area (Å²) in [7, 11) is 1.94. The maximum Gasteiger partial charge on any atom is 0.234 e. The molecule has 2 amide bonds. The van der Waals surface area contributed by atoms with Crippen molar-refractivity contribution in [1.29, 1.82) is 0 Å². The summed E-state index contributed by atoms with van der Waals surface area (Å²) >= 11 is 0. The van der Waals surface area contributed by atoms with E-state index >= 15 is 0 Å². The van der Waals surface area contributed by atoms with E-state index in [-0.39, 0.29) is 51.6 Å². The molecule has 0 aromatic heterocycles. The molecule has 0 aliphatic carbocycles. The molecule has 15 nitrogen and oxygen atoms in total. The lowest BCUT2D eigenvalue weighted by molar-refractivity contribution is -0.206. The van der Waals surface area contributed by atoms with Crippen molar-refractivity contribution in [3.8, 4) is 0 Å². The van der Waals surface area contributed by atoms with Crippen molar-refractivity contribution in [2.75, 3.05) is 72.9 Å². The van der Waals surface area contributed by atoms with E-state index in [4.69, 9.17) is 28.4 Å². The first-order chi connectivity index (χ1) is 35.1. The minimum atomic E-state index is -1.82. The Hall–Kier alpha value is -2.86. The van der Waals surface area contributed by atoms with Crippen LogP contribution in [-0.2, 0) is 38.0 Å². The minimum absolute atomic E-state index is 0.000594. The third kappa shape index (κ3) is 38.7. The summed E-state index contributed by atoms with van der Waals surface area (Å²) in [6, 6.07) is -1.28. The number of unbranched alkanes of at least 4 members (excludes halogenated alkanes) is 18. The van der Waals surface area contributed by atoms with Crippen molar-refractivity contribution in [2.24, 2.45) is 5.18 Å². The van der Waals surface area contributed by atoms with Crippen LogP contribution in [0.25, 0.3) is 0 Å². The normalized spacial score (nSPS) is 16.7. The Morgan fingerprint density at radius 3 is 1.71 bits per heavy atom. The highest BCUT2D eigenvalue weighted by Crippen LogP contribution is 2.35. The number of hydrogen-bond donors (Lipinski definition) is 4. The van der Waals surface area contributed by atoms with Crippen LogP contribution in [-0.4, -0.2) is 136 Å². The first-order valence-electron chi connectivity index (χ1n) is 28.3. The number of aliphatic hydroxyl groups excluding tert-OH is 2. The monoisotopic (exact) mass is 1020 g/mol. The van der Waals surface area contributed by atoms with Crippen LogP contribution in [0.1, 0.15) is 195 Å². The highest BCUT2D eigenvalue weighted by atomic mass is 16.7. The van der Waals surface area contributed by atoms with Gasteiger partial charge < -0.3 is 49.3 Å². The van der Waals surface area contributed by atoms with Crippen LogP contribution in [0.15, 0.2) is 53.8 Å². The first kappa shape index (κ1) is 67.2. The Morgan fingerprint density at radius 2 is 1.21 bits per heavy atom. The Morgan fingerprint density at radius 1 is 0.722 bits per heavy atom. The molecule has 2 unspecified atom stereocenters. The third-order valence-corrected chi connectivity index (χ3v) is 12.5. The lowest BCUT2D eigenvalue weighted by Crippen LogP contribution is -2.52. The average molecular weight is 1020 g/mol. The van der Waals surface area contributed by atoms with Crippen LogP contribution in [0, 0.1) is 4.91 Å². The molecule has 4 N–H and O–H groups in total. The summed E-state index contributed by atoms with van der Waals surface area (Å²) in [5.41, 5.74) is 0. The number of nitroso groups, excluding NO2 is 1. The van der Waals surface area contributed by atoms with Gasteiger partial charge in [0.15, 0.2) is 12.1 Å². The number of hydrogen-bond acceptors (Lipinski definition) is 13. The van der Waals surface area contributed by atoms with Crippen LogP contribution in [0.4, 0.5) is 0 Å². The van der Waals surface area contributed by atoms with Crippen LogP contribution in [0.5, 0.6) is 0 Å². The van der Waals surface area contributed by atoms with Crippen LogP contribution in [0.2, 0.25) is 0 Å². The molecule has 5 atom stereocenters. The summed E-state index contributed by atoms with van der Waals surface area (Å²) < 4.78 is 35.6. The van der Waals surface area contributed by atoms with Gasteiger partial charge in [0.1, 0.15) is 6.04 Å². The molecule has 15 heteroatoms. The fourth-order valence-corrected chi connectivity index (χ4v) is 8.46. The number of amides is 2. The number of rotatable bonds is 51. The predicted octanol–water partition coefficient (Wildman–Crippen LogP) is 10.9. The molecular formula is C57H104N4O11. The highest BCUT2D eigenvalue weighted by Gasteiger charge is 2.41. The Kier molecular flexibility index (Phi) is 44.6. The average Bonchev–Trinajstić information content (AvgIpc) is 3.76. The largest absolute Gasteiger partial charge is 0.394 e. The minimum Gasteiger partial charge on any atom is -0.394 e. The molecule has 1 saturated heterocycles. The molecule has 1 heterocycles. The topological polar surface area (TPSA) is 187 Å². The summed E-state index contributed by atoms with van der Waals surface area (Å²) in [6.07, 6.45) is 45.8. The van der Waals surface area contributed by atoms with E-state index in [9.17, 15) is 24.7 Å². The number of aliphatic hydroxyl groups is 2. The van der Waals surface area contributed by atoms with E-state index in [1.807, 2.05) is 11.9 Å². The van der Waals surface area contributed by atoms with Crippen molar-refractivity contribution in [1.82, 2.24) is 15.5 Å². The Labute approximate surface area is 437 Å². The van der Waals surface area contributed by atoms with Gasteiger partial charge in [-0.1, -0.05) is 140 Å². The van der Waals surface area contributed by atoms with E-state index in [0.717, 1.165) is 38.5 Å². The molecule has 72 heavy (non-hydrogen) atoms. The van der Waals surface area contributed by atoms with Crippen LogP contribution >= 0.6 is 0 Å². The van der Waals surface area contributed by atoms with Gasteiger partial charge >= 0.3 is 0 Å². The summed E-state index contributed by atoms with van der Waals surface area (Å²) in [6.45, 7) is 9.64. The molecule has 0 aromatic carbocycles. The number of carbonyl (C=O) groups is 2. The van der Waals surface area contributed by atoms with Gasteiger partial charge in [-0.25, -0.2) is 0 Å². The molecule has 0 aromatic rings. The third-order valence-electron chi connectivity index (χ3n) is 12.5. The van der Waals surface area contributed by atoms with Gasteiger partial charge in [-0.05, 0) is 96.2 Å². The van der Waals surface area contributed by atoms with Gasteiger partial charge in [0.05, 0.1) is 65.0 Å². The van der Waals surface area contributed by atoms with E-state index < -0.39 is 36.4 Å². The molecule has 418 valence electrons. The van der Waals surface area contributed by atoms with Crippen molar-refractivity contribution in [3.63, 3.8) is 0 Å². The maximum absolute atomic E-state index is 12.8. The zero-order valence-corrected chi connectivity index (χ0v) is 45.9. The Balaban J connectivity index is 2.44. The number of ether oxygens (including phenoxy) is 6. The number of nitrogens with zero attached hydrogens (tertiary/aromatic N) is 2. The fraction of sp³-hybridized carbons (Fsp3) is 0.825. The second-order valence-corrected chi connectivity index (χ2v) is 19.5. The number of nitrogens with one attached hydrogen (secondary N) is 2. The quantitative estimate of drug-likeness (QED) is 0.0196. The fourth-order valence-electron chi connectivity index (χ4n) is 8.46. The van der Waals surface area contributed by atoms with Gasteiger partial charge in [-0.2, -0.15) is 0 Å². The molecule has 1 aliphatic rings. The van der Waals surface area contributed by atoms with Crippen molar-refractivity contribution >= 4 is 11.8 Å². The van der Waals surface area contributed by atoms with Gasteiger partial charge in [0, 0.05) is 32.9 Å². The second-order valence-electron chi connectivity index (χ2n) is 19.5. The number of carbonyl (C=O) groups excluding carboxylic acids is 2. The number of allylic oxidation sites excluding steroid dienone is 8. The molecule has 1 fully saturated rings. The molecule has 0 radical (unpaired) electrons. The van der Waals surface area contributed by atoms with Crippen molar-refractivity contribution in [3.05, 3.63) is 53.5 Å². The molecular weight excluding hydrogens is 917 g/mol. The highest BCUT2D eigenvalue weighted by molar-refractivity contribution is 5.77. The van der Waals surface area contributed by atoms with Crippen molar-refractivity contribution in [2.45, 2.75) is 231 Å². The molecule has 1 aliphatic heterocycles. The van der Waals surface area contributed by atoms with Crippen molar-refractivity contribution < 1.29 is 48.2 Å². The van der Waals surface area contributed by atoms with Gasteiger partial charge in [-0.15, -0.1) is 4.91 Å². The van der Waals surface area contributed by atoms with E-state index in [2.05, 4.69) is 78.3 Å². The summed E-state index contributed by atoms with van der Waals surface area (Å²) in [4.78, 5) is 37.4. The van der Waals surface area contributed by atoms with E-state index in [0.29, 0.717) is 26.3 Å². The summed E-state index contributed by atoms with van der Waals surface area (Å²) in [5, 5.41) is 27.3. The van der Waals surface area contributed by atoms with Gasteiger partial charge in [0.2, 0.25) is 18.0 Å². The summed E-state index contributed by atoms with van der Waals surface area (Å²) in [5.74, 6) is -1.16. The predicted molar refractivity (Wildman–Crippen MR) is 290 cm³/mol.